The Balaban J connectivity index is 0.00000192. The van der Waals surface area contributed by atoms with Crippen molar-refractivity contribution < 1.29 is 0 Å². The third kappa shape index (κ3) is 4.84. The van der Waals surface area contributed by atoms with Gasteiger partial charge in [0.2, 0.25) is 0 Å². The van der Waals surface area contributed by atoms with Crippen LogP contribution in [0.2, 0.25) is 0 Å². The standard InChI is InChI=1S/C17H29N5.HI/c1-3-18-17(19-8-9-22-11-14(2)10-20-22)21-12-15-6-4-5-7-16(15)13-21;/h10-11,15-16H,3-9,12-13H2,1-2H3,(H,18,19);1H. The van der Waals surface area contributed by atoms with Crippen LogP contribution in [0.3, 0.4) is 0 Å². The van der Waals surface area contributed by atoms with E-state index in [0.717, 1.165) is 37.4 Å². The van der Waals surface area contributed by atoms with Gasteiger partial charge in [-0.25, -0.2) is 0 Å². The molecule has 1 aromatic rings. The molecule has 2 atom stereocenters. The van der Waals surface area contributed by atoms with Gasteiger partial charge < -0.3 is 10.2 Å². The maximum absolute atomic E-state index is 4.83. The van der Waals surface area contributed by atoms with Crippen LogP contribution in [0.25, 0.3) is 0 Å². The van der Waals surface area contributed by atoms with Gasteiger partial charge in [-0.15, -0.1) is 24.0 Å². The number of fused-ring (bicyclic) bond motifs is 1. The van der Waals surface area contributed by atoms with Crippen LogP contribution < -0.4 is 5.32 Å². The number of likely N-dealkylation sites (tertiary alicyclic amines) is 1. The Bertz CT molecular complexity index is 499. The van der Waals surface area contributed by atoms with Gasteiger partial charge in [0.05, 0.1) is 19.3 Å². The van der Waals surface area contributed by atoms with Crippen molar-refractivity contribution in [2.45, 2.75) is 46.1 Å². The molecule has 0 radical (unpaired) electrons. The molecule has 0 spiro atoms. The van der Waals surface area contributed by atoms with E-state index in [-0.39, 0.29) is 24.0 Å². The number of halogens is 1. The van der Waals surface area contributed by atoms with Gasteiger partial charge in [-0.1, -0.05) is 12.8 Å². The van der Waals surface area contributed by atoms with Crippen molar-refractivity contribution in [2.24, 2.45) is 16.8 Å². The van der Waals surface area contributed by atoms with Gasteiger partial charge in [0.1, 0.15) is 0 Å². The zero-order valence-corrected chi connectivity index (χ0v) is 16.7. The molecule has 0 bridgehead atoms. The Morgan fingerprint density at radius 2 is 2.00 bits per heavy atom. The van der Waals surface area contributed by atoms with Gasteiger partial charge in [-0.05, 0) is 44.1 Å². The van der Waals surface area contributed by atoms with Crippen LogP contribution in [0.15, 0.2) is 17.4 Å². The first-order valence-corrected chi connectivity index (χ1v) is 8.78. The summed E-state index contributed by atoms with van der Waals surface area (Å²) in [7, 11) is 0. The van der Waals surface area contributed by atoms with E-state index in [4.69, 9.17) is 4.99 Å². The van der Waals surface area contributed by atoms with E-state index in [1.807, 2.05) is 10.9 Å². The largest absolute Gasteiger partial charge is 0.357 e. The number of nitrogens with one attached hydrogen (secondary N) is 1. The maximum atomic E-state index is 4.83. The molecule has 23 heavy (non-hydrogen) atoms. The Hall–Kier alpha value is -0.790. The van der Waals surface area contributed by atoms with Gasteiger partial charge in [-0.2, -0.15) is 5.10 Å². The summed E-state index contributed by atoms with van der Waals surface area (Å²) in [5.41, 5.74) is 1.21. The quantitative estimate of drug-likeness (QED) is 0.453. The lowest BCUT2D eigenvalue weighted by Crippen LogP contribution is -2.40. The minimum atomic E-state index is 0. The highest BCUT2D eigenvalue weighted by Gasteiger charge is 2.35. The van der Waals surface area contributed by atoms with Crippen LogP contribution >= 0.6 is 24.0 Å². The van der Waals surface area contributed by atoms with E-state index >= 15 is 0 Å². The molecule has 2 unspecified atom stereocenters. The van der Waals surface area contributed by atoms with Crippen LogP contribution in [0, 0.1) is 18.8 Å². The fraction of sp³-hybridized carbons (Fsp3) is 0.765. The lowest BCUT2D eigenvalue weighted by molar-refractivity contribution is 0.299. The number of nitrogens with zero attached hydrogens (tertiary/aromatic N) is 4. The molecule has 1 aliphatic carbocycles. The number of aliphatic imine (C=N–C) groups is 1. The van der Waals surface area contributed by atoms with Crippen molar-refractivity contribution in [3.8, 4) is 0 Å². The number of aryl methyl sites for hydroxylation is 1. The third-order valence-corrected chi connectivity index (χ3v) is 4.96. The molecule has 1 aromatic heterocycles. The molecule has 0 aromatic carbocycles. The van der Waals surface area contributed by atoms with Crippen molar-refractivity contribution in [3.05, 3.63) is 18.0 Å². The zero-order chi connectivity index (χ0) is 15.4. The predicted octanol–water partition coefficient (Wildman–Crippen LogP) is 2.90. The number of rotatable bonds is 4. The summed E-state index contributed by atoms with van der Waals surface area (Å²) in [5.74, 6) is 2.89. The molecule has 6 heteroatoms. The summed E-state index contributed by atoms with van der Waals surface area (Å²) in [5, 5.41) is 7.80. The summed E-state index contributed by atoms with van der Waals surface area (Å²) < 4.78 is 1.98. The first-order valence-electron chi connectivity index (χ1n) is 8.78. The topological polar surface area (TPSA) is 45.5 Å². The average molecular weight is 431 g/mol. The first-order chi connectivity index (χ1) is 10.8. The van der Waals surface area contributed by atoms with Crippen LogP contribution in [0.4, 0.5) is 0 Å². The van der Waals surface area contributed by atoms with Gasteiger partial charge in [0.15, 0.2) is 5.96 Å². The third-order valence-electron chi connectivity index (χ3n) is 4.96. The van der Waals surface area contributed by atoms with Crippen LogP contribution in [0.5, 0.6) is 0 Å². The number of aromatic nitrogens is 2. The Kier molecular flexibility index (Phi) is 7.17. The molecular weight excluding hydrogens is 401 g/mol. The lowest BCUT2D eigenvalue weighted by Gasteiger charge is -2.22. The molecule has 2 heterocycles. The minimum Gasteiger partial charge on any atom is -0.357 e. The van der Waals surface area contributed by atoms with E-state index in [0.29, 0.717) is 0 Å². The predicted molar refractivity (Wildman–Crippen MR) is 105 cm³/mol. The number of guanidine groups is 1. The molecule has 0 amide bonds. The van der Waals surface area contributed by atoms with E-state index in [2.05, 4.69) is 35.4 Å². The van der Waals surface area contributed by atoms with Crippen molar-refractivity contribution in [3.63, 3.8) is 0 Å². The second-order valence-electron chi connectivity index (χ2n) is 6.73. The van der Waals surface area contributed by atoms with Gasteiger partial charge >= 0.3 is 0 Å². The molecule has 2 aliphatic rings. The molecule has 1 saturated carbocycles. The smallest absolute Gasteiger partial charge is 0.193 e. The number of hydrogen-bond acceptors (Lipinski definition) is 2. The van der Waals surface area contributed by atoms with Crippen molar-refractivity contribution in [1.82, 2.24) is 20.0 Å². The summed E-state index contributed by atoms with van der Waals surface area (Å²) in [6, 6.07) is 0. The van der Waals surface area contributed by atoms with Crippen LogP contribution in [-0.2, 0) is 6.54 Å². The molecule has 1 saturated heterocycles. The highest BCUT2D eigenvalue weighted by Crippen LogP contribution is 2.35. The molecular formula is C17H30IN5. The molecule has 1 N–H and O–H groups in total. The van der Waals surface area contributed by atoms with Crippen LogP contribution in [-0.4, -0.2) is 46.8 Å². The Labute approximate surface area is 156 Å². The van der Waals surface area contributed by atoms with E-state index < -0.39 is 0 Å². The SMILES string of the molecule is CCNC(=NCCn1cc(C)cn1)N1CC2CCCCC2C1.I. The molecule has 5 nitrogen and oxygen atoms in total. The Morgan fingerprint density at radius 1 is 1.30 bits per heavy atom. The normalized spacial score (nSPS) is 24.3. The van der Waals surface area contributed by atoms with E-state index in [1.165, 1.54) is 44.3 Å². The summed E-state index contributed by atoms with van der Waals surface area (Å²) in [6.07, 6.45) is 9.63. The Morgan fingerprint density at radius 3 is 2.57 bits per heavy atom. The molecule has 130 valence electrons. The fourth-order valence-electron chi connectivity index (χ4n) is 3.85. The van der Waals surface area contributed by atoms with E-state index in [9.17, 15) is 0 Å². The fourth-order valence-corrected chi connectivity index (χ4v) is 3.85. The van der Waals surface area contributed by atoms with E-state index in [1.54, 1.807) is 0 Å². The second kappa shape index (κ2) is 8.89. The van der Waals surface area contributed by atoms with Gasteiger partial charge in [-0.3, -0.25) is 9.67 Å². The van der Waals surface area contributed by atoms with Crippen molar-refractivity contribution in [1.29, 1.82) is 0 Å². The van der Waals surface area contributed by atoms with Gasteiger partial charge in [0, 0.05) is 25.8 Å². The summed E-state index contributed by atoms with van der Waals surface area (Å²) in [4.78, 5) is 7.31. The van der Waals surface area contributed by atoms with Gasteiger partial charge in [0.25, 0.3) is 0 Å². The highest BCUT2D eigenvalue weighted by atomic mass is 127. The molecule has 2 fully saturated rings. The van der Waals surface area contributed by atoms with Crippen molar-refractivity contribution in [2.75, 3.05) is 26.2 Å². The highest BCUT2D eigenvalue weighted by molar-refractivity contribution is 14.0. The van der Waals surface area contributed by atoms with Crippen LogP contribution in [0.1, 0.15) is 38.2 Å². The second-order valence-corrected chi connectivity index (χ2v) is 6.73. The molecule has 1 aliphatic heterocycles. The first kappa shape index (κ1) is 18.5. The lowest BCUT2D eigenvalue weighted by atomic mass is 9.82. The monoisotopic (exact) mass is 431 g/mol. The number of hydrogen-bond donors (Lipinski definition) is 1. The summed E-state index contributed by atoms with van der Waals surface area (Å²) in [6.45, 7) is 9.18. The minimum absolute atomic E-state index is 0. The average Bonchev–Trinajstić information content (AvgIpc) is 3.12. The summed E-state index contributed by atoms with van der Waals surface area (Å²) >= 11 is 0. The molecule has 3 rings (SSSR count). The zero-order valence-electron chi connectivity index (χ0n) is 14.4. The maximum Gasteiger partial charge on any atom is 0.193 e. The van der Waals surface area contributed by atoms with Crippen molar-refractivity contribution >= 4 is 29.9 Å².